The van der Waals surface area contributed by atoms with E-state index in [1.165, 1.54) is 6.07 Å². The number of hydrogen-bond acceptors (Lipinski definition) is 1. The van der Waals surface area contributed by atoms with Crippen LogP contribution in [-0.4, -0.2) is 15.4 Å². The monoisotopic (exact) mass is 322 g/mol. The van der Waals surface area contributed by atoms with Gasteiger partial charge in [-0.3, -0.25) is 4.57 Å². The minimum atomic E-state index is -0.242. The van der Waals surface area contributed by atoms with Gasteiger partial charge < -0.3 is 0 Å². The van der Waals surface area contributed by atoms with Gasteiger partial charge in [-0.25, -0.2) is 9.37 Å². The highest BCUT2D eigenvalue weighted by molar-refractivity contribution is 6.35. The minimum Gasteiger partial charge on any atom is -0.296 e. The third-order valence-corrected chi connectivity index (χ3v) is 3.93. The molecule has 0 aliphatic rings. The molecule has 0 atom stereocenters. The van der Waals surface area contributed by atoms with Gasteiger partial charge in [0.05, 0.1) is 16.2 Å². The van der Waals surface area contributed by atoms with Crippen LogP contribution in [0.5, 0.6) is 0 Å². The first-order chi connectivity index (χ1) is 10.1. The fraction of sp³-hybridized carbons (Fsp3) is 0.188. The molecule has 0 spiro atoms. The lowest BCUT2D eigenvalue weighted by Crippen LogP contribution is -2.03. The maximum Gasteiger partial charge on any atom is 0.128 e. The van der Waals surface area contributed by atoms with Crippen molar-refractivity contribution in [3.05, 3.63) is 58.6 Å². The number of imidazole rings is 1. The Morgan fingerprint density at radius 2 is 2.05 bits per heavy atom. The van der Waals surface area contributed by atoms with E-state index in [1.54, 1.807) is 19.1 Å². The molecule has 0 saturated heterocycles. The van der Waals surface area contributed by atoms with Crippen molar-refractivity contribution < 1.29 is 4.39 Å². The minimum absolute atomic E-state index is 0.242. The number of rotatable bonds is 3. The number of halogens is 3. The zero-order valence-corrected chi connectivity index (χ0v) is 12.9. The van der Waals surface area contributed by atoms with Gasteiger partial charge in [-0.05, 0) is 36.8 Å². The lowest BCUT2D eigenvalue weighted by atomic mass is 10.2. The topological polar surface area (TPSA) is 17.8 Å². The highest BCUT2D eigenvalue weighted by Gasteiger charge is 2.14. The molecule has 0 radical (unpaired) electrons. The van der Waals surface area contributed by atoms with Crippen LogP contribution < -0.4 is 0 Å². The zero-order valence-electron chi connectivity index (χ0n) is 11.4. The summed E-state index contributed by atoms with van der Waals surface area (Å²) in [4.78, 5) is 4.55. The molecule has 5 heteroatoms. The molecule has 0 amide bonds. The summed E-state index contributed by atoms with van der Waals surface area (Å²) in [6.45, 7) is 1.74. The van der Waals surface area contributed by atoms with Crippen molar-refractivity contribution in [1.82, 2.24) is 9.55 Å². The molecule has 3 rings (SSSR count). The van der Waals surface area contributed by atoms with E-state index in [0.29, 0.717) is 28.4 Å². The summed E-state index contributed by atoms with van der Waals surface area (Å²) < 4.78 is 15.8. The Balaban J connectivity index is 2.30. The van der Waals surface area contributed by atoms with Gasteiger partial charge in [0.25, 0.3) is 0 Å². The molecule has 0 aliphatic carbocycles. The SMILES string of the molecule is Cc1ccc(-n2c(CCCl)nc3c(Cl)cccc32)cc1F. The third-order valence-electron chi connectivity index (χ3n) is 3.44. The van der Waals surface area contributed by atoms with Crippen molar-refractivity contribution in [2.75, 3.05) is 5.88 Å². The van der Waals surface area contributed by atoms with Crippen molar-refractivity contribution in [1.29, 1.82) is 0 Å². The second kappa shape index (κ2) is 5.66. The Kier molecular flexibility index (Phi) is 3.87. The molecular weight excluding hydrogens is 310 g/mol. The smallest absolute Gasteiger partial charge is 0.128 e. The first-order valence-electron chi connectivity index (χ1n) is 6.60. The highest BCUT2D eigenvalue weighted by Crippen LogP contribution is 2.28. The molecule has 0 unspecified atom stereocenters. The average molecular weight is 323 g/mol. The van der Waals surface area contributed by atoms with Crippen molar-refractivity contribution in [3.8, 4) is 5.69 Å². The Morgan fingerprint density at radius 1 is 1.24 bits per heavy atom. The van der Waals surface area contributed by atoms with Crippen LogP contribution in [-0.2, 0) is 6.42 Å². The number of aryl methyl sites for hydroxylation is 2. The van der Waals surface area contributed by atoms with Gasteiger partial charge in [-0.15, -0.1) is 11.6 Å². The maximum atomic E-state index is 13.9. The predicted molar refractivity (Wildman–Crippen MR) is 85.2 cm³/mol. The summed E-state index contributed by atoms with van der Waals surface area (Å²) in [5.74, 6) is 0.972. The van der Waals surface area contributed by atoms with E-state index in [9.17, 15) is 4.39 Å². The van der Waals surface area contributed by atoms with Crippen LogP contribution in [0.15, 0.2) is 36.4 Å². The second-order valence-corrected chi connectivity index (χ2v) is 5.63. The first-order valence-corrected chi connectivity index (χ1v) is 7.51. The van der Waals surface area contributed by atoms with Crippen LogP contribution >= 0.6 is 23.2 Å². The van der Waals surface area contributed by atoms with Gasteiger partial charge >= 0.3 is 0 Å². The average Bonchev–Trinajstić information content (AvgIpc) is 2.82. The highest BCUT2D eigenvalue weighted by atomic mass is 35.5. The standard InChI is InChI=1S/C16H13Cl2FN2/c1-10-5-6-11(9-13(10)19)21-14-4-2-3-12(18)16(14)20-15(21)7-8-17/h2-6,9H,7-8H2,1H3. The quantitative estimate of drug-likeness (QED) is 0.626. The van der Waals surface area contributed by atoms with E-state index in [0.717, 1.165) is 17.0 Å². The molecule has 0 aliphatic heterocycles. The van der Waals surface area contributed by atoms with Gasteiger partial charge in [-0.1, -0.05) is 23.7 Å². The summed E-state index contributed by atoms with van der Waals surface area (Å²) in [5.41, 5.74) is 2.90. The Bertz CT molecular complexity index is 811. The van der Waals surface area contributed by atoms with E-state index in [4.69, 9.17) is 23.2 Å². The number of nitrogens with zero attached hydrogens (tertiary/aromatic N) is 2. The maximum absolute atomic E-state index is 13.9. The van der Waals surface area contributed by atoms with Crippen LogP contribution in [0.2, 0.25) is 5.02 Å². The van der Waals surface area contributed by atoms with Crippen molar-refractivity contribution in [3.63, 3.8) is 0 Å². The number of alkyl halides is 1. The van der Waals surface area contributed by atoms with Crippen LogP contribution in [0, 0.1) is 12.7 Å². The second-order valence-electron chi connectivity index (χ2n) is 4.84. The summed E-state index contributed by atoms with van der Waals surface area (Å²) in [6.07, 6.45) is 0.585. The first kappa shape index (κ1) is 14.4. The van der Waals surface area contributed by atoms with Gasteiger partial charge in [0.2, 0.25) is 0 Å². The molecule has 0 fully saturated rings. The molecule has 0 saturated carbocycles. The van der Waals surface area contributed by atoms with Gasteiger partial charge in [0.1, 0.15) is 17.2 Å². The molecule has 2 nitrogen and oxygen atoms in total. The fourth-order valence-corrected chi connectivity index (χ4v) is 2.76. The Hall–Kier alpha value is -1.58. The molecular formula is C16H13Cl2FN2. The number of fused-ring (bicyclic) bond motifs is 1. The predicted octanol–water partition coefficient (Wildman–Crippen LogP) is 4.91. The van der Waals surface area contributed by atoms with Gasteiger partial charge in [0, 0.05) is 12.3 Å². The number of hydrogen-bond donors (Lipinski definition) is 0. The van der Waals surface area contributed by atoms with E-state index in [-0.39, 0.29) is 5.82 Å². The normalized spacial score (nSPS) is 11.2. The molecule has 0 bridgehead atoms. The van der Waals surface area contributed by atoms with Crippen LogP contribution in [0.4, 0.5) is 4.39 Å². The Morgan fingerprint density at radius 3 is 2.76 bits per heavy atom. The molecule has 108 valence electrons. The molecule has 21 heavy (non-hydrogen) atoms. The number of para-hydroxylation sites is 1. The zero-order chi connectivity index (χ0) is 15.0. The summed E-state index contributed by atoms with van der Waals surface area (Å²) in [7, 11) is 0. The van der Waals surface area contributed by atoms with Crippen LogP contribution in [0.3, 0.4) is 0 Å². The summed E-state index contributed by atoms with van der Waals surface area (Å²) in [6, 6.07) is 10.7. The summed E-state index contributed by atoms with van der Waals surface area (Å²) >= 11 is 12.1. The van der Waals surface area contributed by atoms with E-state index < -0.39 is 0 Å². The van der Waals surface area contributed by atoms with Gasteiger partial charge in [0.15, 0.2) is 0 Å². The van der Waals surface area contributed by atoms with Crippen LogP contribution in [0.25, 0.3) is 16.7 Å². The van der Waals surface area contributed by atoms with E-state index in [1.807, 2.05) is 22.8 Å². The third kappa shape index (κ3) is 2.52. The molecule has 1 heterocycles. The van der Waals surface area contributed by atoms with Gasteiger partial charge in [-0.2, -0.15) is 0 Å². The van der Waals surface area contributed by atoms with Crippen LogP contribution in [0.1, 0.15) is 11.4 Å². The molecule has 3 aromatic rings. The van der Waals surface area contributed by atoms with Crippen molar-refractivity contribution in [2.24, 2.45) is 0 Å². The number of aromatic nitrogens is 2. The van der Waals surface area contributed by atoms with E-state index in [2.05, 4.69) is 4.98 Å². The van der Waals surface area contributed by atoms with Crippen molar-refractivity contribution in [2.45, 2.75) is 13.3 Å². The number of benzene rings is 2. The molecule has 1 aromatic heterocycles. The lowest BCUT2D eigenvalue weighted by Gasteiger charge is -2.09. The van der Waals surface area contributed by atoms with E-state index >= 15 is 0 Å². The molecule has 2 aromatic carbocycles. The fourth-order valence-electron chi connectivity index (χ4n) is 2.37. The largest absolute Gasteiger partial charge is 0.296 e. The summed E-state index contributed by atoms with van der Waals surface area (Å²) in [5, 5.41) is 0.578. The van der Waals surface area contributed by atoms with Crippen molar-refractivity contribution >= 4 is 34.2 Å². The Labute approximate surface area is 132 Å². The molecule has 0 N–H and O–H groups in total. The lowest BCUT2D eigenvalue weighted by molar-refractivity contribution is 0.617.